The van der Waals surface area contributed by atoms with Crippen LogP contribution in [0.3, 0.4) is 0 Å². The highest BCUT2D eigenvalue weighted by Gasteiger charge is 2.17. The van der Waals surface area contributed by atoms with E-state index < -0.39 is 24.3 Å². The summed E-state index contributed by atoms with van der Waals surface area (Å²) in [6.07, 6.45) is -2.34. The van der Waals surface area contributed by atoms with E-state index in [1.54, 1.807) is 0 Å². The lowest BCUT2D eigenvalue weighted by Crippen LogP contribution is -2.20. The second-order valence-corrected chi connectivity index (χ2v) is 1.45. The van der Waals surface area contributed by atoms with Gasteiger partial charge < -0.3 is 14.6 Å². The van der Waals surface area contributed by atoms with Crippen LogP contribution in [0.15, 0.2) is 0 Å². The molecule has 11 heavy (non-hydrogen) atoms. The molecule has 0 rings (SSSR count). The van der Waals surface area contributed by atoms with Crippen molar-refractivity contribution >= 4 is 24.2 Å². The first-order valence-corrected chi connectivity index (χ1v) is 2.49. The van der Waals surface area contributed by atoms with Gasteiger partial charge in [0, 0.05) is 0 Å². The molecule has 0 aromatic carbocycles. The van der Waals surface area contributed by atoms with E-state index >= 15 is 0 Å². The van der Waals surface area contributed by atoms with Gasteiger partial charge in [-0.1, -0.05) is 0 Å². The van der Waals surface area contributed by atoms with Gasteiger partial charge in [-0.2, -0.15) is 0 Å². The number of carboxylic acid groups (broad SMARTS) is 1. The Balaban J connectivity index is 3.93. The van der Waals surface area contributed by atoms with Crippen LogP contribution in [0.25, 0.3) is 0 Å². The molecule has 0 bridgehead atoms. The molecular formula is C5H4O6. The van der Waals surface area contributed by atoms with Crippen molar-refractivity contribution in [1.29, 1.82) is 0 Å². The Labute approximate surface area is 60.8 Å². The maximum Gasteiger partial charge on any atom is 0.513 e. The van der Waals surface area contributed by atoms with Crippen LogP contribution in [0.4, 0.5) is 4.79 Å². The molecule has 60 valence electrons. The molecule has 6 nitrogen and oxygen atoms in total. The molecule has 0 aliphatic carbocycles. The number of hydrogen-bond donors (Lipinski definition) is 1. The lowest BCUT2D eigenvalue weighted by molar-refractivity contribution is -0.150. The third-order valence-electron chi connectivity index (χ3n) is 0.676. The van der Waals surface area contributed by atoms with Crippen LogP contribution in [-0.4, -0.2) is 29.3 Å². The fourth-order valence-corrected chi connectivity index (χ4v) is 0.295. The minimum absolute atomic E-state index is 0.186. The van der Waals surface area contributed by atoms with Gasteiger partial charge in [0.25, 0.3) is 0 Å². The molecule has 0 fully saturated rings. The Morgan fingerprint density at radius 2 is 1.91 bits per heavy atom. The third-order valence-corrected chi connectivity index (χ3v) is 0.676. The van der Waals surface area contributed by atoms with E-state index in [0.717, 1.165) is 0 Å². The van der Waals surface area contributed by atoms with Crippen molar-refractivity contribution in [3.05, 3.63) is 0 Å². The Morgan fingerprint density at radius 3 is 2.27 bits per heavy atom. The van der Waals surface area contributed by atoms with Gasteiger partial charge in [-0.3, -0.25) is 4.79 Å². The lowest BCUT2D eigenvalue weighted by Gasteiger charge is -1.92. The number of ketones is 1. The highest BCUT2D eigenvalue weighted by molar-refractivity contribution is 6.37. The zero-order valence-corrected chi connectivity index (χ0v) is 5.27. The standard InChI is InChI=1S/C5H4O6/c6-2-1-3(7)4(8)11-5(9)10/h2H,1H2,(H,9,10). The van der Waals surface area contributed by atoms with E-state index in [1.165, 1.54) is 0 Å². The predicted octanol–water partition coefficient (Wildman–Crippen LogP) is -0.634. The molecular weight excluding hydrogens is 156 g/mol. The molecule has 0 spiro atoms. The summed E-state index contributed by atoms with van der Waals surface area (Å²) in [5, 5.41) is 7.82. The van der Waals surface area contributed by atoms with Gasteiger partial charge >= 0.3 is 12.1 Å². The Morgan fingerprint density at radius 1 is 1.36 bits per heavy atom. The normalized spacial score (nSPS) is 8.36. The number of Topliss-reactive ketones (excluding diaryl/α,β-unsaturated/α-hetero) is 1. The molecule has 1 N–H and O–H groups in total. The molecule has 0 radical (unpaired) electrons. The minimum atomic E-state index is -1.87. The predicted molar refractivity (Wildman–Crippen MR) is 29.8 cm³/mol. The zero-order valence-electron chi connectivity index (χ0n) is 5.27. The molecule has 0 heterocycles. The number of hydrogen-bond acceptors (Lipinski definition) is 5. The summed E-state index contributed by atoms with van der Waals surface area (Å²) >= 11 is 0. The Hall–Kier alpha value is -1.72. The van der Waals surface area contributed by atoms with Gasteiger partial charge in [0.15, 0.2) is 0 Å². The number of ether oxygens (including phenoxy) is 1. The average Bonchev–Trinajstić information content (AvgIpc) is 1.86. The first-order chi connectivity index (χ1) is 5.07. The van der Waals surface area contributed by atoms with E-state index in [9.17, 15) is 19.2 Å². The fourth-order valence-electron chi connectivity index (χ4n) is 0.295. The summed E-state index contributed by atoms with van der Waals surface area (Å²) in [5.74, 6) is -2.72. The van der Waals surface area contributed by atoms with E-state index in [2.05, 4.69) is 4.74 Å². The molecule has 0 saturated heterocycles. The SMILES string of the molecule is O=CCC(=O)C(=O)OC(=O)O. The summed E-state index contributed by atoms with van der Waals surface area (Å²) < 4.78 is 3.43. The summed E-state index contributed by atoms with van der Waals surface area (Å²) in [6.45, 7) is 0. The second-order valence-electron chi connectivity index (χ2n) is 1.45. The topological polar surface area (TPSA) is 97.7 Å². The number of aldehydes is 1. The maximum atomic E-state index is 10.3. The highest BCUT2D eigenvalue weighted by Crippen LogP contribution is 1.85. The monoisotopic (exact) mass is 160 g/mol. The molecule has 0 aliphatic heterocycles. The summed E-state index contributed by atoms with van der Waals surface area (Å²) in [7, 11) is 0. The van der Waals surface area contributed by atoms with E-state index in [1.807, 2.05) is 0 Å². The van der Waals surface area contributed by atoms with Crippen LogP contribution in [0, 0.1) is 0 Å². The average molecular weight is 160 g/mol. The lowest BCUT2D eigenvalue weighted by atomic mass is 10.3. The maximum absolute atomic E-state index is 10.3. The molecule has 0 amide bonds. The van der Waals surface area contributed by atoms with Crippen molar-refractivity contribution < 1.29 is 29.0 Å². The molecule has 0 saturated carbocycles. The fraction of sp³-hybridized carbons (Fsp3) is 0.200. The van der Waals surface area contributed by atoms with Crippen LogP contribution in [0.5, 0.6) is 0 Å². The van der Waals surface area contributed by atoms with Crippen LogP contribution in [-0.2, 0) is 19.1 Å². The van der Waals surface area contributed by atoms with Crippen LogP contribution >= 0.6 is 0 Å². The minimum Gasteiger partial charge on any atom is -0.449 e. The zero-order chi connectivity index (χ0) is 8.85. The first kappa shape index (κ1) is 9.28. The van der Waals surface area contributed by atoms with Crippen LogP contribution in [0.1, 0.15) is 6.42 Å². The number of esters is 1. The molecule has 0 aromatic heterocycles. The van der Waals surface area contributed by atoms with Crippen molar-refractivity contribution in [2.75, 3.05) is 0 Å². The van der Waals surface area contributed by atoms with Crippen LogP contribution < -0.4 is 0 Å². The summed E-state index contributed by atoms with van der Waals surface area (Å²) in [4.78, 5) is 39.8. The molecule has 0 unspecified atom stereocenters. The number of rotatable bonds is 3. The van der Waals surface area contributed by atoms with E-state index in [-0.39, 0.29) is 6.29 Å². The largest absolute Gasteiger partial charge is 0.513 e. The number of carbonyl (C=O) groups excluding carboxylic acids is 3. The molecule has 0 aromatic rings. The first-order valence-electron chi connectivity index (χ1n) is 2.49. The third kappa shape index (κ3) is 3.79. The Kier molecular flexibility index (Phi) is 3.50. The van der Waals surface area contributed by atoms with Gasteiger partial charge in [-0.15, -0.1) is 0 Å². The Bertz CT molecular complexity index is 205. The van der Waals surface area contributed by atoms with Crippen molar-refractivity contribution in [1.82, 2.24) is 0 Å². The van der Waals surface area contributed by atoms with E-state index in [0.29, 0.717) is 0 Å². The van der Waals surface area contributed by atoms with Gasteiger partial charge in [0.2, 0.25) is 5.78 Å². The molecule has 0 aliphatic rings. The van der Waals surface area contributed by atoms with Crippen LogP contribution in [0.2, 0.25) is 0 Å². The van der Waals surface area contributed by atoms with Crippen molar-refractivity contribution in [3.8, 4) is 0 Å². The summed E-state index contributed by atoms with van der Waals surface area (Å²) in [6, 6.07) is 0. The molecule has 0 atom stereocenters. The van der Waals surface area contributed by atoms with Crippen molar-refractivity contribution in [2.45, 2.75) is 6.42 Å². The van der Waals surface area contributed by atoms with Crippen molar-refractivity contribution in [3.63, 3.8) is 0 Å². The smallest absolute Gasteiger partial charge is 0.449 e. The van der Waals surface area contributed by atoms with Crippen molar-refractivity contribution in [2.24, 2.45) is 0 Å². The van der Waals surface area contributed by atoms with E-state index in [4.69, 9.17) is 5.11 Å². The molecule has 6 heteroatoms. The van der Waals surface area contributed by atoms with Gasteiger partial charge in [0.1, 0.15) is 6.29 Å². The van der Waals surface area contributed by atoms with Gasteiger partial charge in [-0.05, 0) is 0 Å². The second kappa shape index (κ2) is 4.15. The number of carbonyl (C=O) groups is 4. The quantitative estimate of drug-likeness (QED) is 0.255. The van der Waals surface area contributed by atoms with Gasteiger partial charge in [0.05, 0.1) is 6.42 Å². The summed E-state index contributed by atoms with van der Waals surface area (Å²) in [5.41, 5.74) is 0. The van der Waals surface area contributed by atoms with Gasteiger partial charge in [-0.25, -0.2) is 9.59 Å². The highest BCUT2D eigenvalue weighted by atomic mass is 16.7.